The maximum atomic E-state index is 12.3. The molecule has 0 radical (unpaired) electrons. The van der Waals surface area contributed by atoms with Crippen LogP contribution in [0.4, 0.5) is 0 Å². The third kappa shape index (κ3) is 8.30. The number of benzene rings is 2. The molecule has 0 aliphatic rings. The van der Waals surface area contributed by atoms with Crippen LogP contribution in [-0.4, -0.2) is 53.3 Å². The van der Waals surface area contributed by atoms with E-state index in [-0.39, 0.29) is 11.8 Å². The maximum absolute atomic E-state index is 12.3. The van der Waals surface area contributed by atoms with Crippen LogP contribution in [0.3, 0.4) is 0 Å². The fourth-order valence-electron chi connectivity index (χ4n) is 4.57. The van der Waals surface area contributed by atoms with Crippen molar-refractivity contribution in [2.24, 2.45) is 0 Å². The van der Waals surface area contributed by atoms with Crippen molar-refractivity contribution < 1.29 is 28.5 Å². The van der Waals surface area contributed by atoms with Gasteiger partial charge in [0.15, 0.2) is 23.0 Å². The minimum Gasteiger partial charge on any atom is -0.493 e. The second-order valence-electron chi connectivity index (χ2n) is 8.64. The minimum atomic E-state index is -0.0516. The number of rotatable bonds is 16. The van der Waals surface area contributed by atoms with Crippen LogP contribution < -0.4 is 29.6 Å². The van der Waals surface area contributed by atoms with E-state index in [1.165, 1.54) is 0 Å². The van der Waals surface area contributed by atoms with Crippen LogP contribution in [0.25, 0.3) is 0 Å². The van der Waals surface area contributed by atoms with Crippen LogP contribution >= 0.6 is 0 Å². The fraction of sp³-hybridized carbons (Fsp3) is 0.517. The molecule has 0 unspecified atom stereocenters. The smallest absolute Gasteiger partial charge is 0.220 e. The number of methoxy groups -OCH3 is 4. The van der Waals surface area contributed by atoms with E-state index >= 15 is 0 Å². The van der Waals surface area contributed by atoms with Crippen molar-refractivity contribution in [2.45, 2.75) is 58.8 Å². The van der Waals surface area contributed by atoms with E-state index in [0.717, 1.165) is 46.6 Å². The van der Waals surface area contributed by atoms with Gasteiger partial charge in [-0.05, 0) is 55.4 Å². The lowest BCUT2D eigenvalue weighted by Gasteiger charge is -2.16. The quantitative estimate of drug-likeness (QED) is 0.351. The molecule has 0 aromatic heterocycles. The van der Waals surface area contributed by atoms with Crippen molar-refractivity contribution in [3.8, 4) is 23.0 Å². The Kier molecular flexibility index (Phi) is 12.6. The molecule has 0 bridgehead atoms. The molecular weight excluding hydrogens is 472 g/mol. The van der Waals surface area contributed by atoms with E-state index in [1.54, 1.807) is 28.4 Å². The van der Waals surface area contributed by atoms with Crippen LogP contribution in [0.15, 0.2) is 24.3 Å². The van der Waals surface area contributed by atoms with Crippen molar-refractivity contribution in [1.29, 1.82) is 0 Å². The molecule has 0 aliphatic carbocycles. The third-order valence-corrected chi connectivity index (χ3v) is 6.44. The van der Waals surface area contributed by atoms with Crippen molar-refractivity contribution in [3.63, 3.8) is 0 Å². The zero-order valence-corrected chi connectivity index (χ0v) is 23.1. The Morgan fingerprint density at radius 1 is 0.649 bits per heavy atom. The summed E-state index contributed by atoms with van der Waals surface area (Å²) in [5.41, 5.74) is 4.43. The number of ether oxygens (including phenoxy) is 4. The van der Waals surface area contributed by atoms with Crippen molar-refractivity contribution >= 4 is 11.8 Å². The summed E-state index contributed by atoms with van der Waals surface area (Å²) in [5, 5.41) is 5.91. The highest BCUT2D eigenvalue weighted by molar-refractivity contribution is 5.78. The average molecular weight is 515 g/mol. The molecule has 204 valence electrons. The van der Waals surface area contributed by atoms with Gasteiger partial charge in [0, 0.05) is 37.1 Å². The maximum Gasteiger partial charge on any atom is 0.220 e. The second kappa shape index (κ2) is 15.6. The van der Waals surface area contributed by atoms with Gasteiger partial charge in [-0.25, -0.2) is 0 Å². The van der Waals surface area contributed by atoms with Crippen LogP contribution in [0, 0.1) is 0 Å². The molecule has 0 saturated heterocycles. The summed E-state index contributed by atoms with van der Waals surface area (Å²) in [5.74, 6) is 2.81. The van der Waals surface area contributed by atoms with Crippen molar-refractivity contribution in [3.05, 3.63) is 46.5 Å². The first-order chi connectivity index (χ1) is 17.9. The average Bonchev–Trinajstić information content (AvgIpc) is 2.91. The summed E-state index contributed by atoms with van der Waals surface area (Å²) >= 11 is 0. The lowest BCUT2D eigenvalue weighted by molar-refractivity contribution is -0.122. The summed E-state index contributed by atoms with van der Waals surface area (Å²) in [4.78, 5) is 24.5. The Labute approximate surface area is 221 Å². The van der Waals surface area contributed by atoms with Gasteiger partial charge in [-0.3, -0.25) is 9.59 Å². The van der Waals surface area contributed by atoms with Crippen molar-refractivity contribution in [2.75, 3.05) is 41.5 Å². The molecule has 2 N–H and O–H groups in total. The number of carbonyl (C=O) groups is 2. The Bertz CT molecular complexity index is 956. The zero-order valence-electron chi connectivity index (χ0n) is 23.1. The fourth-order valence-corrected chi connectivity index (χ4v) is 4.57. The molecule has 0 heterocycles. The Balaban J connectivity index is 1.73. The standard InChI is InChI=1S/C29H42N2O6/c1-7-22-20(12-14-24(34-3)28(22)36-5)16-18-30-26(32)10-9-11-27(33)31-19-17-21-13-15-25(35-4)29(37-6)23(21)8-2/h12-15H,7-11,16-19H2,1-6H3,(H,30,32)(H,31,33). The van der Waals surface area contributed by atoms with Crippen LogP contribution in [0.5, 0.6) is 23.0 Å². The van der Waals surface area contributed by atoms with E-state index in [1.807, 2.05) is 24.3 Å². The van der Waals surface area contributed by atoms with E-state index in [0.29, 0.717) is 56.7 Å². The lowest BCUT2D eigenvalue weighted by Crippen LogP contribution is -2.28. The summed E-state index contributed by atoms with van der Waals surface area (Å²) in [7, 11) is 6.52. The molecular formula is C29H42N2O6. The molecule has 2 amide bonds. The molecule has 0 saturated carbocycles. The molecule has 2 aromatic carbocycles. The number of amides is 2. The van der Waals surface area contributed by atoms with Crippen molar-refractivity contribution in [1.82, 2.24) is 10.6 Å². The molecule has 0 fully saturated rings. The first-order valence-electron chi connectivity index (χ1n) is 12.9. The van der Waals surface area contributed by atoms with Gasteiger partial charge in [-0.1, -0.05) is 26.0 Å². The van der Waals surface area contributed by atoms with Gasteiger partial charge in [0.25, 0.3) is 0 Å². The highest BCUT2D eigenvalue weighted by Gasteiger charge is 2.15. The minimum absolute atomic E-state index is 0.0516. The number of nitrogens with one attached hydrogen (secondary N) is 2. The van der Waals surface area contributed by atoms with Gasteiger partial charge in [0.05, 0.1) is 28.4 Å². The normalized spacial score (nSPS) is 10.5. The van der Waals surface area contributed by atoms with Gasteiger partial charge in [0.1, 0.15) is 0 Å². The predicted octanol–water partition coefficient (Wildman–Crippen LogP) is 4.03. The lowest BCUT2D eigenvalue weighted by atomic mass is 10.0. The molecule has 2 rings (SSSR count). The Morgan fingerprint density at radius 2 is 1.05 bits per heavy atom. The molecule has 2 aromatic rings. The molecule has 37 heavy (non-hydrogen) atoms. The molecule has 8 nitrogen and oxygen atoms in total. The van der Waals surface area contributed by atoms with Crippen LogP contribution in [0.1, 0.15) is 55.4 Å². The van der Waals surface area contributed by atoms with Crippen LogP contribution in [-0.2, 0) is 35.3 Å². The van der Waals surface area contributed by atoms with Gasteiger partial charge in [-0.2, -0.15) is 0 Å². The van der Waals surface area contributed by atoms with Gasteiger partial charge in [0.2, 0.25) is 11.8 Å². The summed E-state index contributed by atoms with van der Waals surface area (Å²) in [6.45, 7) is 5.19. The zero-order chi connectivity index (χ0) is 27.2. The Hall–Kier alpha value is -3.42. The first-order valence-corrected chi connectivity index (χ1v) is 12.9. The van der Waals surface area contributed by atoms with Gasteiger partial charge in [-0.15, -0.1) is 0 Å². The summed E-state index contributed by atoms with van der Waals surface area (Å²) in [6.07, 6.45) is 4.16. The number of carbonyl (C=O) groups excluding carboxylic acids is 2. The molecule has 0 atom stereocenters. The number of hydrogen-bond acceptors (Lipinski definition) is 6. The summed E-state index contributed by atoms with van der Waals surface area (Å²) in [6, 6.07) is 7.81. The van der Waals surface area contributed by atoms with E-state index < -0.39 is 0 Å². The highest BCUT2D eigenvalue weighted by Crippen LogP contribution is 2.35. The van der Waals surface area contributed by atoms with E-state index in [2.05, 4.69) is 24.5 Å². The largest absolute Gasteiger partial charge is 0.493 e. The third-order valence-electron chi connectivity index (χ3n) is 6.44. The topological polar surface area (TPSA) is 95.1 Å². The molecule has 8 heteroatoms. The summed E-state index contributed by atoms with van der Waals surface area (Å²) < 4.78 is 21.8. The van der Waals surface area contributed by atoms with Gasteiger partial charge >= 0.3 is 0 Å². The van der Waals surface area contributed by atoms with Gasteiger partial charge < -0.3 is 29.6 Å². The molecule has 0 aliphatic heterocycles. The molecule has 0 spiro atoms. The SMILES string of the molecule is CCc1c(CCNC(=O)CCCC(=O)NCCc2ccc(OC)c(OC)c2CC)ccc(OC)c1OC. The Morgan fingerprint density at radius 3 is 1.38 bits per heavy atom. The number of hydrogen-bond donors (Lipinski definition) is 2. The van der Waals surface area contributed by atoms with Crippen LogP contribution in [0.2, 0.25) is 0 Å². The highest BCUT2D eigenvalue weighted by atomic mass is 16.5. The first kappa shape index (κ1) is 29.8. The van der Waals surface area contributed by atoms with E-state index in [4.69, 9.17) is 18.9 Å². The van der Waals surface area contributed by atoms with E-state index in [9.17, 15) is 9.59 Å². The second-order valence-corrected chi connectivity index (χ2v) is 8.64. The monoisotopic (exact) mass is 514 g/mol. The predicted molar refractivity (Wildman–Crippen MR) is 145 cm³/mol.